The van der Waals surface area contributed by atoms with Gasteiger partial charge in [0, 0.05) is 48.6 Å². The molecule has 1 saturated heterocycles. The van der Waals surface area contributed by atoms with Gasteiger partial charge in [0.15, 0.2) is 0 Å². The van der Waals surface area contributed by atoms with Crippen molar-refractivity contribution in [1.82, 2.24) is 14.8 Å². The van der Waals surface area contributed by atoms with Crippen LogP contribution in [0.3, 0.4) is 0 Å². The fraction of sp³-hybridized carbons (Fsp3) is 0.359. The van der Waals surface area contributed by atoms with Crippen molar-refractivity contribution in [2.24, 2.45) is 0 Å². The number of hydrogen-bond donors (Lipinski definition) is 3. The number of pyridine rings is 1. The van der Waals surface area contributed by atoms with Gasteiger partial charge in [-0.1, -0.05) is 6.07 Å². The van der Waals surface area contributed by atoms with Crippen LogP contribution in [0.5, 0.6) is 11.5 Å². The molecule has 54 heavy (non-hydrogen) atoms. The summed E-state index contributed by atoms with van der Waals surface area (Å²) in [7, 11) is 0. The highest BCUT2D eigenvalue weighted by atomic mass is 19.4. The van der Waals surface area contributed by atoms with Gasteiger partial charge in [-0.2, -0.15) is 13.2 Å². The Morgan fingerprint density at radius 1 is 0.981 bits per heavy atom. The highest BCUT2D eigenvalue weighted by Crippen LogP contribution is 2.43. The number of aliphatic carboxylic acids is 1. The van der Waals surface area contributed by atoms with Gasteiger partial charge in [0.1, 0.15) is 35.3 Å². The topological polar surface area (TPSA) is 121 Å². The Hall–Kier alpha value is -5.15. The van der Waals surface area contributed by atoms with Gasteiger partial charge < -0.3 is 20.3 Å². The minimum atomic E-state index is -5.00. The number of benzene rings is 3. The summed E-state index contributed by atoms with van der Waals surface area (Å²) >= 11 is 0. The van der Waals surface area contributed by atoms with Crippen LogP contribution in [0.4, 0.5) is 26.3 Å². The van der Waals surface area contributed by atoms with Crippen LogP contribution in [0.25, 0.3) is 11.1 Å². The Bertz CT molecular complexity index is 2210. The summed E-state index contributed by atoms with van der Waals surface area (Å²) in [5.74, 6) is -4.58. The molecule has 1 aromatic heterocycles. The molecule has 1 amide bonds. The summed E-state index contributed by atoms with van der Waals surface area (Å²) in [6, 6.07) is 5.89. The normalized spacial score (nSPS) is 18.0. The fourth-order valence-corrected chi connectivity index (χ4v) is 6.98. The molecule has 0 radical (unpaired) electrons. The van der Waals surface area contributed by atoms with E-state index in [2.05, 4.69) is 5.32 Å². The second kappa shape index (κ2) is 14.3. The maximum absolute atomic E-state index is 16.0. The number of fused-ring (bicyclic) bond motifs is 6. The maximum Gasteiger partial charge on any atom is 0.416 e. The molecule has 286 valence electrons. The predicted molar refractivity (Wildman–Crippen MR) is 185 cm³/mol. The first-order valence-corrected chi connectivity index (χ1v) is 17.1. The average molecular weight is 758 g/mol. The number of halogens is 6. The molecule has 3 heterocycles. The number of carbonyl (C=O) groups excluding carboxylic acids is 1. The molecule has 15 heteroatoms. The lowest BCUT2D eigenvalue weighted by molar-refractivity contribution is -0.139. The number of rotatable bonds is 7. The molecule has 4 aromatic rings. The second-order valence-corrected chi connectivity index (χ2v) is 14.3. The number of aryl methyl sites for hydroxylation is 2. The number of hydrogen-bond acceptors (Lipinski definition) is 6. The van der Waals surface area contributed by atoms with E-state index in [1.165, 1.54) is 31.2 Å². The van der Waals surface area contributed by atoms with Gasteiger partial charge in [-0.25, -0.2) is 13.2 Å². The lowest BCUT2D eigenvalue weighted by Gasteiger charge is -2.34. The summed E-state index contributed by atoms with van der Waals surface area (Å²) < 4.78 is 95.2. The third kappa shape index (κ3) is 7.73. The van der Waals surface area contributed by atoms with E-state index in [-0.39, 0.29) is 54.7 Å². The third-order valence-corrected chi connectivity index (χ3v) is 9.74. The smallest absolute Gasteiger partial charge is 0.416 e. The highest BCUT2D eigenvalue weighted by Gasteiger charge is 2.38. The number of amides is 1. The van der Waals surface area contributed by atoms with Gasteiger partial charge in [-0.15, -0.1) is 0 Å². The lowest BCUT2D eigenvalue weighted by Crippen LogP contribution is -2.49. The van der Waals surface area contributed by atoms with Crippen molar-refractivity contribution in [3.63, 3.8) is 0 Å². The van der Waals surface area contributed by atoms with Crippen LogP contribution < -0.4 is 15.6 Å². The predicted octanol–water partition coefficient (Wildman–Crippen LogP) is 6.88. The van der Waals surface area contributed by atoms with Crippen molar-refractivity contribution in [3.8, 4) is 22.6 Å². The molecule has 0 saturated carbocycles. The number of aliphatic hydroxyl groups is 1. The van der Waals surface area contributed by atoms with Crippen LogP contribution in [-0.2, 0) is 27.8 Å². The number of ether oxygens (including phenoxy) is 1. The first-order chi connectivity index (χ1) is 25.2. The van der Waals surface area contributed by atoms with Gasteiger partial charge in [-0.05, 0) is 98.3 Å². The Balaban J connectivity index is 1.62. The molecule has 2 aliphatic rings. The van der Waals surface area contributed by atoms with Crippen molar-refractivity contribution < 1.29 is 50.9 Å². The molecule has 2 aliphatic heterocycles. The van der Waals surface area contributed by atoms with Gasteiger partial charge in [-0.3, -0.25) is 23.9 Å². The lowest BCUT2D eigenvalue weighted by atomic mass is 9.88. The van der Waals surface area contributed by atoms with E-state index < -0.39 is 82.2 Å². The van der Waals surface area contributed by atoms with Gasteiger partial charge in [0.2, 0.25) is 5.91 Å². The molecule has 0 aliphatic carbocycles. The summed E-state index contributed by atoms with van der Waals surface area (Å²) in [6.07, 6.45) is -6.54. The minimum Gasteiger partial charge on any atom is -0.481 e. The fourth-order valence-electron chi connectivity index (χ4n) is 6.98. The van der Waals surface area contributed by atoms with Crippen molar-refractivity contribution in [1.29, 1.82) is 0 Å². The van der Waals surface area contributed by atoms with Crippen molar-refractivity contribution in [2.75, 3.05) is 19.6 Å². The molecular formula is C39H37F6N3O6. The molecule has 2 atom stereocenters. The van der Waals surface area contributed by atoms with Crippen LogP contribution in [0, 0.1) is 25.5 Å². The van der Waals surface area contributed by atoms with E-state index in [0.717, 1.165) is 18.3 Å². The molecule has 1 fully saturated rings. The quantitative estimate of drug-likeness (QED) is 0.176. The molecule has 3 N–H and O–H groups in total. The van der Waals surface area contributed by atoms with E-state index in [9.17, 15) is 42.2 Å². The van der Waals surface area contributed by atoms with Crippen LogP contribution in [0.2, 0.25) is 0 Å². The number of nitrogens with one attached hydrogen (secondary N) is 1. The van der Waals surface area contributed by atoms with Crippen molar-refractivity contribution in [2.45, 2.75) is 70.6 Å². The number of alkyl halides is 4. The number of carboxylic acid groups (broad SMARTS) is 1. The first-order valence-electron chi connectivity index (χ1n) is 17.1. The first kappa shape index (κ1) is 38.6. The largest absolute Gasteiger partial charge is 0.481 e. The Kier molecular flexibility index (Phi) is 10.2. The summed E-state index contributed by atoms with van der Waals surface area (Å²) in [5.41, 5.74) is -3.48. The number of nitrogens with zero attached hydrogens (tertiary/aromatic N) is 2. The SMILES string of the molecule is Cc1cc2cc(c1F)[C@H](CC(=O)O)NC(=O)[C@H](n1cc(CCN3CC(F)C3)c(C(F)(F)F)cc1=O)c1cc(ccc1F)Oc1cc(C(C)(C)O)cc(C)c1-2. The molecular weight excluding hydrogens is 720 g/mol. The number of carbonyl (C=O) groups is 2. The van der Waals surface area contributed by atoms with Gasteiger partial charge in [0.25, 0.3) is 5.56 Å². The summed E-state index contributed by atoms with van der Waals surface area (Å²) in [5, 5.41) is 23.2. The molecule has 9 nitrogen and oxygen atoms in total. The van der Waals surface area contributed by atoms with Crippen LogP contribution in [-0.4, -0.2) is 57.4 Å². The average Bonchev–Trinajstić information content (AvgIpc) is 3.04. The van der Waals surface area contributed by atoms with E-state index in [0.29, 0.717) is 26.8 Å². The molecule has 0 spiro atoms. The molecule has 0 unspecified atom stereocenters. The van der Waals surface area contributed by atoms with E-state index >= 15 is 8.78 Å². The van der Waals surface area contributed by atoms with Crippen LogP contribution >= 0.6 is 0 Å². The zero-order valence-electron chi connectivity index (χ0n) is 29.7. The number of carboxylic acids is 1. The Labute approximate surface area is 305 Å². The zero-order chi connectivity index (χ0) is 39.4. The summed E-state index contributed by atoms with van der Waals surface area (Å²) in [4.78, 5) is 41.7. The van der Waals surface area contributed by atoms with Crippen LogP contribution in [0.1, 0.15) is 71.3 Å². The third-order valence-electron chi connectivity index (χ3n) is 9.74. The van der Waals surface area contributed by atoms with Crippen molar-refractivity contribution >= 4 is 11.9 Å². The molecule has 6 rings (SSSR count). The number of likely N-dealkylation sites (tertiary alicyclic amines) is 1. The molecule has 4 bridgehead atoms. The van der Waals surface area contributed by atoms with Crippen LogP contribution in [0.15, 0.2) is 59.5 Å². The van der Waals surface area contributed by atoms with E-state index in [1.54, 1.807) is 31.7 Å². The Morgan fingerprint density at radius 3 is 2.31 bits per heavy atom. The number of aromatic nitrogens is 1. The zero-order valence-corrected chi connectivity index (χ0v) is 29.7. The monoisotopic (exact) mass is 757 g/mol. The minimum absolute atomic E-state index is 0.00612. The van der Waals surface area contributed by atoms with E-state index in [4.69, 9.17) is 4.74 Å². The maximum atomic E-state index is 16.0. The standard InChI is InChI=1S/C39H37F6N3O6/c1-19-10-23(38(3,4)53)12-31-34(19)22-9-20(2)35(42)27(11-22)30(15-33(50)51)46-37(52)36(26-13-25(54-31)5-6-29(26)41)48-16-21(7-8-47-17-24(40)18-47)28(14-32(48)49)39(43,44)45/h5-6,9-14,16,24,30,36,53H,7-8,15,17-18H2,1-4H3,(H,46,52)(H,50,51)/t30-,36+/m0/s1. The second-order valence-electron chi connectivity index (χ2n) is 14.3. The summed E-state index contributed by atoms with van der Waals surface area (Å²) in [6.45, 7) is 6.22. The van der Waals surface area contributed by atoms with Crippen molar-refractivity contribution in [3.05, 3.63) is 116 Å². The van der Waals surface area contributed by atoms with E-state index in [1.807, 2.05) is 0 Å². The Morgan fingerprint density at radius 2 is 1.69 bits per heavy atom. The highest BCUT2D eigenvalue weighted by molar-refractivity contribution is 5.85. The van der Waals surface area contributed by atoms with Gasteiger partial charge >= 0.3 is 12.1 Å². The van der Waals surface area contributed by atoms with Gasteiger partial charge in [0.05, 0.1) is 23.6 Å². The molecule has 3 aromatic carbocycles.